The zero-order valence-electron chi connectivity index (χ0n) is 16.4. The van der Waals surface area contributed by atoms with E-state index in [1.54, 1.807) is 6.20 Å². The molecule has 1 fully saturated rings. The molecule has 5 rings (SSSR count). The highest BCUT2D eigenvalue weighted by atomic mass is 16.5. The van der Waals surface area contributed by atoms with Gasteiger partial charge in [-0.1, -0.05) is 29.4 Å². The lowest BCUT2D eigenvalue weighted by atomic mass is 9.87. The van der Waals surface area contributed by atoms with Crippen LogP contribution in [0.25, 0.3) is 21.7 Å². The molecule has 2 aromatic carbocycles. The fraction of sp³-hybridized carbons (Fsp3) is 0.333. The van der Waals surface area contributed by atoms with Gasteiger partial charge in [-0.3, -0.25) is 4.98 Å². The summed E-state index contributed by atoms with van der Waals surface area (Å²) < 4.78 is 11.7. The lowest BCUT2D eigenvalue weighted by molar-refractivity contribution is 0.313. The van der Waals surface area contributed by atoms with E-state index in [1.165, 1.54) is 23.8 Å². The Kier molecular flexibility index (Phi) is 5.13. The number of nitrogens with one attached hydrogen (secondary N) is 1. The molecule has 2 aromatic heterocycles. The Hall–Kier alpha value is -2.92. The van der Waals surface area contributed by atoms with Gasteiger partial charge in [0.15, 0.2) is 5.58 Å². The SMILES string of the molecule is c1cc(OCCCc2noc3cccc(C4CCNCC4)c23)c2ccncc2c1. The van der Waals surface area contributed by atoms with Gasteiger partial charge in [-0.15, -0.1) is 0 Å². The summed E-state index contributed by atoms with van der Waals surface area (Å²) in [7, 11) is 0. The third kappa shape index (κ3) is 3.70. The number of hydrogen-bond donors (Lipinski definition) is 1. The first-order chi connectivity index (χ1) is 14.4. The number of nitrogens with zero attached hydrogens (tertiary/aromatic N) is 2. The smallest absolute Gasteiger partial charge is 0.167 e. The maximum atomic E-state index is 6.08. The lowest BCUT2D eigenvalue weighted by Gasteiger charge is -2.23. The van der Waals surface area contributed by atoms with Gasteiger partial charge in [-0.05, 0) is 68.5 Å². The van der Waals surface area contributed by atoms with Crippen LogP contribution in [-0.4, -0.2) is 29.8 Å². The molecule has 0 atom stereocenters. The van der Waals surface area contributed by atoms with Gasteiger partial charge >= 0.3 is 0 Å². The molecular formula is C24H25N3O2. The second kappa shape index (κ2) is 8.21. The van der Waals surface area contributed by atoms with Gasteiger partial charge in [0, 0.05) is 28.6 Å². The monoisotopic (exact) mass is 387 g/mol. The molecule has 1 N–H and O–H groups in total. The van der Waals surface area contributed by atoms with Crippen LogP contribution in [0.2, 0.25) is 0 Å². The Morgan fingerprint density at radius 2 is 1.97 bits per heavy atom. The largest absolute Gasteiger partial charge is 0.493 e. The van der Waals surface area contributed by atoms with Gasteiger partial charge in [-0.25, -0.2) is 0 Å². The first-order valence-corrected chi connectivity index (χ1v) is 10.4. The van der Waals surface area contributed by atoms with Crippen molar-refractivity contribution in [1.82, 2.24) is 15.5 Å². The van der Waals surface area contributed by atoms with Gasteiger partial charge in [0.25, 0.3) is 0 Å². The van der Waals surface area contributed by atoms with E-state index >= 15 is 0 Å². The number of benzene rings is 2. The maximum Gasteiger partial charge on any atom is 0.167 e. The van der Waals surface area contributed by atoms with Gasteiger partial charge < -0.3 is 14.6 Å². The summed E-state index contributed by atoms with van der Waals surface area (Å²) >= 11 is 0. The van der Waals surface area contributed by atoms with Crippen molar-refractivity contribution in [2.24, 2.45) is 0 Å². The number of ether oxygens (including phenoxy) is 1. The number of aryl methyl sites for hydroxylation is 1. The van der Waals surface area contributed by atoms with Crippen LogP contribution in [0.3, 0.4) is 0 Å². The van der Waals surface area contributed by atoms with Crippen LogP contribution in [0.1, 0.15) is 36.4 Å². The van der Waals surface area contributed by atoms with E-state index in [2.05, 4.69) is 33.7 Å². The summed E-state index contributed by atoms with van der Waals surface area (Å²) in [4.78, 5) is 4.18. The van der Waals surface area contributed by atoms with E-state index in [1.807, 2.05) is 30.5 Å². The van der Waals surface area contributed by atoms with E-state index in [4.69, 9.17) is 9.26 Å². The van der Waals surface area contributed by atoms with Crippen molar-refractivity contribution in [3.63, 3.8) is 0 Å². The third-order valence-corrected chi connectivity index (χ3v) is 5.84. The highest BCUT2D eigenvalue weighted by Gasteiger charge is 2.21. The van der Waals surface area contributed by atoms with E-state index in [0.717, 1.165) is 53.7 Å². The summed E-state index contributed by atoms with van der Waals surface area (Å²) in [6.45, 7) is 2.80. The summed E-state index contributed by atoms with van der Waals surface area (Å²) in [5.74, 6) is 1.49. The van der Waals surface area contributed by atoms with E-state index < -0.39 is 0 Å². The summed E-state index contributed by atoms with van der Waals surface area (Å²) in [5, 5.41) is 11.3. The normalized spacial score (nSPS) is 15.2. The van der Waals surface area contributed by atoms with Crippen LogP contribution in [0.5, 0.6) is 5.75 Å². The highest BCUT2D eigenvalue weighted by Crippen LogP contribution is 2.34. The Morgan fingerprint density at radius 3 is 2.90 bits per heavy atom. The van der Waals surface area contributed by atoms with Crippen LogP contribution < -0.4 is 10.1 Å². The molecule has 1 aliphatic rings. The van der Waals surface area contributed by atoms with Crippen LogP contribution in [0, 0.1) is 0 Å². The molecule has 1 saturated heterocycles. The molecule has 29 heavy (non-hydrogen) atoms. The number of piperidine rings is 1. The average Bonchev–Trinajstić information content (AvgIpc) is 3.21. The maximum absolute atomic E-state index is 6.08. The van der Waals surface area contributed by atoms with Crippen LogP contribution >= 0.6 is 0 Å². The molecule has 0 radical (unpaired) electrons. The first-order valence-electron chi connectivity index (χ1n) is 10.4. The Labute approximate surface area is 170 Å². The Bertz CT molecular complexity index is 1110. The summed E-state index contributed by atoms with van der Waals surface area (Å²) in [5.41, 5.74) is 3.35. The van der Waals surface area contributed by atoms with Crippen molar-refractivity contribution in [3.05, 3.63) is 66.1 Å². The van der Waals surface area contributed by atoms with Crippen molar-refractivity contribution in [2.45, 2.75) is 31.6 Å². The van der Waals surface area contributed by atoms with Crippen LogP contribution in [-0.2, 0) is 6.42 Å². The van der Waals surface area contributed by atoms with E-state index in [9.17, 15) is 0 Å². The third-order valence-electron chi connectivity index (χ3n) is 5.84. The van der Waals surface area contributed by atoms with Crippen molar-refractivity contribution in [3.8, 4) is 5.75 Å². The molecule has 1 aliphatic heterocycles. The van der Waals surface area contributed by atoms with Crippen LogP contribution in [0.4, 0.5) is 0 Å². The quantitative estimate of drug-likeness (QED) is 0.479. The number of aromatic nitrogens is 2. The molecule has 3 heterocycles. The van der Waals surface area contributed by atoms with Gasteiger partial charge in [-0.2, -0.15) is 0 Å². The molecule has 4 aromatic rings. The number of fused-ring (bicyclic) bond motifs is 2. The van der Waals surface area contributed by atoms with E-state index in [0.29, 0.717) is 12.5 Å². The minimum atomic E-state index is 0.582. The first kappa shape index (κ1) is 18.1. The fourth-order valence-corrected chi connectivity index (χ4v) is 4.37. The van der Waals surface area contributed by atoms with Crippen molar-refractivity contribution in [1.29, 1.82) is 0 Å². The predicted octanol–water partition coefficient (Wildman–Crippen LogP) is 4.85. The molecule has 0 aliphatic carbocycles. The van der Waals surface area contributed by atoms with Gasteiger partial charge in [0.1, 0.15) is 5.75 Å². The molecule has 0 spiro atoms. The fourth-order valence-electron chi connectivity index (χ4n) is 4.37. The summed E-state index contributed by atoms with van der Waals surface area (Å²) in [6, 6.07) is 14.4. The predicted molar refractivity (Wildman–Crippen MR) is 114 cm³/mol. The van der Waals surface area contributed by atoms with Gasteiger partial charge in [0.05, 0.1) is 12.3 Å². The minimum Gasteiger partial charge on any atom is -0.493 e. The second-order valence-electron chi connectivity index (χ2n) is 7.68. The van der Waals surface area contributed by atoms with E-state index in [-0.39, 0.29) is 0 Å². The average molecular weight is 387 g/mol. The van der Waals surface area contributed by atoms with Crippen molar-refractivity contribution < 1.29 is 9.26 Å². The molecule has 0 unspecified atom stereocenters. The van der Waals surface area contributed by atoms with Crippen molar-refractivity contribution in [2.75, 3.05) is 19.7 Å². The minimum absolute atomic E-state index is 0.582. The molecule has 0 bridgehead atoms. The zero-order chi connectivity index (χ0) is 19.5. The number of hydrogen-bond acceptors (Lipinski definition) is 5. The highest BCUT2D eigenvalue weighted by molar-refractivity contribution is 5.87. The van der Waals surface area contributed by atoms with Crippen molar-refractivity contribution >= 4 is 21.7 Å². The molecule has 0 saturated carbocycles. The molecule has 0 amide bonds. The lowest BCUT2D eigenvalue weighted by Crippen LogP contribution is -2.26. The summed E-state index contributed by atoms with van der Waals surface area (Å²) in [6.07, 6.45) is 7.75. The number of rotatable bonds is 6. The standard InChI is InChI=1S/C24H25N3O2/c1-4-18-16-26-14-11-19(18)22(7-1)28-15-3-6-21-24-20(17-9-12-25-13-10-17)5-2-8-23(24)29-27-21/h1-2,4-5,7-8,11,14,16-17,25H,3,6,9-10,12-13,15H2. The van der Waals surface area contributed by atoms with Crippen LogP contribution in [0.15, 0.2) is 59.4 Å². The molecule has 148 valence electrons. The molecular weight excluding hydrogens is 362 g/mol. The molecule has 5 heteroatoms. The Morgan fingerprint density at radius 1 is 1.07 bits per heavy atom. The number of pyridine rings is 1. The zero-order valence-corrected chi connectivity index (χ0v) is 16.4. The van der Waals surface area contributed by atoms with Gasteiger partial charge in [0.2, 0.25) is 0 Å². The topological polar surface area (TPSA) is 60.2 Å². The molecule has 5 nitrogen and oxygen atoms in total. The Balaban J connectivity index is 1.30. The second-order valence-corrected chi connectivity index (χ2v) is 7.68.